The molecule has 9 heteroatoms. The van der Waals surface area contributed by atoms with Crippen molar-refractivity contribution in [3.63, 3.8) is 0 Å². The maximum atomic E-state index is 15.5. The quantitative estimate of drug-likeness (QED) is 0.328. The number of pyridine rings is 1. The van der Waals surface area contributed by atoms with E-state index >= 15 is 4.39 Å². The fourth-order valence-corrected chi connectivity index (χ4v) is 6.18. The van der Waals surface area contributed by atoms with E-state index in [1.54, 1.807) is 42.5 Å². The lowest BCUT2D eigenvalue weighted by atomic mass is 9.95. The van der Waals surface area contributed by atoms with Crippen LogP contribution in [0.15, 0.2) is 83.9 Å². The van der Waals surface area contributed by atoms with E-state index in [1.807, 2.05) is 30.3 Å². The van der Waals surface area contributed by atoms with Crippen molar-refractivity contribution in [1.29, 1.82) is 0 Å². The van der Waals surface area contributed by atoms with E-state index in [0.29, 0.717) is 33.3 Å². The van der Waals surface area contributed by atoms with Gasteiger partial charge in [-0.05, 0) is 35.4 Å². The van der Waals surface area contributed by atoms with Crippen LogP contribution in [0.25, 0.3) is 22.0 Å². The molecule has 6 nitrogen and oxygen atoms in total. The number of anilines is 2. The molecule has 0 saturated carbocycles. The highest BCUT2D eigenvalue weighted by Crippen LogP contribution is 2.50. The molecule has 38 heavy (non-hydrogen) atoms. The van der Waals surface area contributed by atoms with Crippen LogP contribution in [0.4, 0.5) is 20.2 Å². The number of sulfone groups is 1. The molecule has 0 amide bonds. The summed E-state index contributed by atoms with van der Waals surface area (Å²) in [7, 11) is -1.69. The number of nitrogens with zero attached hydrogens (tertiary/aromatic N) is 2. The van der Waals surface area contributed by atoms with Crippen LogP contribution in [0.3, 0.4) is 0 Å². The van der Waals surface area contributed by atoms with Crippen LogP contribution in [0.1, 0.15) is 22.7 Å². The molecule has 0 saturated heterocycles. The summed E-state index contributed by atoms with van der Waals surface area (Å²) in [5.74, 6) is -1.62. The zero-order valence-electron chi connectivity index (χ0n) is 20.6. The lowest BCUT2D eigenvalue weighted by Gasteiger charge is -2.34. The van der Waals surface area contributed by atoms with Gasteiger partial charge in [-0.3, -0.25) is 4.79 Å². The van der Waals surface area contributed by atoms with Crippen molar-refractivity contribution in [2.45, 2.75) is 11.8 Å². The normalized spacial score (nSPS) is 14.9. The molecule has 192 valence electrons. The molecule has 1 aliphatic rings. The number of fused-ring (bicyclic) bond motifs is 2. The molecule has 0 aliphatic carbocycles. The first kappa shape index (κ1) is 24.1. The number of nitrogens with one attached hydrogen (secondary N) is 1. The SMILES string of the molecule is Cn1cc2c3c(c[nH]c3c1=O)[C@@H](c1ccccc1)N(c1ccc(F)cc1F)c1ccc(CS(C)(=O)=O)cc1-2. The number of halogens is 2. The van der Waals surface area contributed by atoms with Crippen molar-refractivity contribution in [3.05, 3.63) is 118 Å². The summed E-state index contributed by atoms with van der Waals surface area (Å²) < 4.78 is 55.2. The van der Waals surface area contributed by atoms with Gasteiger partial charge < -0.3 is 14.5 Å². The van der Waals surface area contributed by atoms with Gasteiger partial charge in [0, 0.05) is 53.8 Å². The molecule has 0 fully saturated rings. The Hall–Kier alpha value is -4.24. The Labute approximate surface area is 217 Å². The van der Waals surface area contributed by atoms with Gasteiger partial charge in [0.25, 0.3) is 5.56 Å². The highest BCUT2D eigenvalue weighted by atomic mass is 32.2. The molecular weight excluding hydrogens is 508 g/mol. The Kier molecular flexibility index (Phi) is 5.50. The Morgan fingerprint density at radius 3 is 2.39 bits per heavy atom. The number of rotatable bonds is 4. The minimum atomic E-state index is -3.34. The number of benzene rings is 3. The third-order valence-corrected chi connectivity index (χ3v) is 7.77. The molecule has 1 aliphatic heterocycles. The summed E-state index contributed by atoms with van der Waals surface area (Å²) in [6.45, 7) is 0. The average Bonchev–Trinajstić information content (AvgIpc) is 3.26. The number of H-pyrrole nitrogens is 1. The second kappa shape index (κ2) is 8.66. The van der Waals surface area contributed by atoms with E-state index in [-0.39, 0.29) is 17.0 Å². The van der Waals surface area contributed by atoms with E-state index in [4.69, 9.17) is 0 Å². The number of hydrogen-bond donors (Lipinski definition) is 1. The lowest BCUT2D eigenvalue weighted by molar-refractivity contribution is 0.580. The Morgan fingerprint density at radius 1 is 0.947 bits per heavy atom. The van der Waals surface area contributed by atoms with E-state index in [2.05, 4.69) is 4.98 Å². The second-order valence-electron chi connectivity index (χ2n) is 9.65. The van der Waals surface area contributed by atoms with Crippen molar-refractivity contribution >= 4 is 32.1 Å². The van der Waals surface area contributed by atoms with Crippen LogP contribution >= 0.6 is 0 Å². The molecule has 3 heterocycles. The minimum absolute atomic E-state index is 0.145. The predicted molar refractivity (Wildman–Crippen MR) is 144 cm³/mol. The summed E-state index contributed by atoms with van der Waals surface area (Å²) in [5.41, 5.74) is 4.37. The van der Waals surface area contributed by atoms with E-state index < -0.39 is 27.5 Å². The van der Waals surface area contributed by atoms with Crippen LogP contribution in [-0.4, -0.2) is 24.2 Å². The molecule has 3 aromatic carbocycles. The zero-order chi connectivity index (χ0) is 26.8. The van der Waals surface area contributed by atoms with Gasteiger partial charge >= 0.3 is 0 Å². The van der Waals surface area contributed by atoms with Crippen molar-refractivity contribution in [1.82, 2.24) is 9.55 Å². The Morgan fingerprint density at radius 2 is 1.68 bits per heavy atom. The number of hydrogen-bond acceptors (Lipinski definition) is 4. The lowest BCUT2D eigenvalue weighted by Crippen LogP contribution is -2.25. The molecule has 1 N–H and O–H groups in total. The van der Waals surface area contributed by atoms with E-state index in [0.717, 1.165) is 17.2 Å². The summed E-state index contributed by atoms with van der Waals surface area (Å²) >= 11 is 0. The van der Waals surface area contributed by atoms with E-state index in [1.165, 1.54) is 23.0 Å². The molecular formula is C29H23F2N3O3S. The molecule has 2 aromatic heterocycles. The van der Waals surface area contributed by atoms with E-state index in [9.17, 15) is 17.6 Å². The van der Waals surface area contributed by atoms with Gasteiger partial charge in [0.2, 0.25) is 0 Å². The zero-order valence-corrected chi connectivity index (χ0v) is 21.4. The van der Waals surface area contributed by atoms with Gasteiger partial charge in [0.05, 0.1) is 23.2 Å². The van der Waals surface area contributed by atoms with Crippen molar-refractivity contribution in [2.24, 2.45) is 7.05 Å². The Balaban J connectivity index is 1.77. The first-order valence-electron chi connectivity index (χ1n) is 11.9. The number of aromatic nitrogens is 2. The van der Waals surface area contributed by atoms with Crippen LogP contribution in [-0.2, 0) is 22.6 Å². The molecule has 1 atom stereocenters. The van der Waals surface area contributed by atoms with Gasteiger partial charge in [0.1, 0.15) is 17.2 Å². The topological polar surface area (TPSA) is 75.2 Å². The summed E-state index contributed by atoms with van der Waals surface area (Å²) in [6.07, 6.45) is 4.64. The molecule has 5 aromatic rings. The first-order chi connectivity index (χ1) is 18.1. The highest BCUT2D eigenvalue weighted by molar-refractivity contribution is 7.89. The molecule has 0 spiro atoms. The number of aromatic amines is 1. The van der Waals surface area contributed by atoms with Gasteiger partial charge in [-0.2, -0.15) is 0 Å². The summed E-state index contributed by atoms with van der Waals surface area (Å²) in [4.78, 5) is 18.1. The number of aryl methyl sites for hydroxylation is 1. The maximum Gasteiger partial charge on any atom is 0.274 e. The van der Waals surface area contributed by atoms with Crippen molar-refractivity contribution < 1.29 is 17.2 Å². The predicted octanol–water partition coefficient (Wildman–Crippen LogP) is 5.60. The highest BCUT2D eigenvalue weighted by Gasteiger charge is 2.35. The standard InChI is InChI=1S/C29H23F2N3O3S/c1-33-15-22-20-12-17(16-38(2,36)37)8-10-24(20)34(25-11-9-19(30)13-23(25)31)28(18-6-4-3-5-7-18)21-14-32-27(26(21)22)29(33)35/h3-15,28,32H,16H2,1-2H3/t28-/m1/s1. The first-order valence-corrected chi connectivity index (χ1v) is 14.0. The van der Waals surface area contributed by atoms with Crippen LogP contribution in [0.5, 0.6) is 0 Å². The van der Waals surface area contributed by atoms with Crippen molar-refractivity contribution in [2.75, 3.05) is 11.2 Å². The second-order valence-corrected chi connectivity index (χ2v) is 11.8. The molecule has 0 radical (unpaired) electrons. The van der Waals surface area contributed by atoms with Crippen molar-refractivity contribution in [3.8, 4) is 11.1 Å². The Bertz CT molecular complexity index is 1900. The monoisotopic (exact) mass is 531 g/mol. The fraction of sp³-hybridized carbons (Fsp3) is 0.138. The fourth-order valence-electron chi connectivity index (χ4n) is 5.40. The van der Waals surface area contributed by atoms with Gasteiger partial charge in [-0.15, -0.1) is 0 Å². The molecule has 6 rings (SSSR count). The minimum Gasteiger partial charge on any atom is -0.356 e. The van der Waals surface area contributed by atoms with Crippen LogP contribution < -0.4 is 10.5 Å². The van der Waals surface area contributed by atoms with Crippen LogP contribution in [0.2, 0.25) is 0 Å². The largest absolute Gasteiger partial charge is 0.356 e. The van der Waals surface area contributed by atoms with Gasteiger partial charge in [-0.25, -0.2) is 17.2 Å². The molecule has 0 unspecified atom stereocenters. The summed E-state index contributed by atoms with van der Waals surface area (Å²) in [5, 5.41) is 0.671. The van der Waals surface area contributed by atoms with Gasteiger partial charge in [0.15, 0.2) is 9.84 Å². The maximum absolute atomic E-state index is 15.5. The third-order valence-electron chi connectivity index (χ3n) is 6.91. The smallest absolute Gasteiger partial charge is 0.274 e. The molecule has 0 bridgehead atoms. The average molecular weight is 532 g/mol. The van der Waals surface area contributed by atoms with Crippen LogP contribution in [0, 0.1) is 11.6 Å². The summed E-state index contributed by atoms with van der Waals surface area (Å²) in [6, 6.07) is 17.6. The third kappa shape index (κ3) is 3.90. The van der Waals surface area contributed by atoms with Gasteiger partial charge in [-0.1, -0.05) is 36.4 Å².